The van der Waals surface area contributed by atoms with Crippen LogP contribution in [0.5, 0.6) is 23.8 Å². The third-order valence-corrected chi connectivity index (χ3v) is 4.80. The third kappa shape index (κ3) is 9.53. The molecule has 3 aromatic rings. The first kappa shape index (κ1) is 30.4. The fraction of sp³-hybridized carbons (Fsp3) is 0.533. The van der Waals surface area contributed by atoms with Crippen LogP contribution in [0.4, 0.5) is 0 Å². The molecule has 0 unspecified atom stereocenters. The van der Waals surface area contributed by atoms with Gasteiger partial charge in [-0.15, -0.1) is 0 Å². The summed E-state index contributed by atoms with van der Waals surface area (Å²) in [5.41, 5.74) is 0.920. The summed E-state index contributed by atoms with van der Waals surface area (Å²) >= 11 is 6.64. The van der Waals surface area contributed by atoms with E-state index in [0.717, 1.165) is 11.1 Å². The number of aromatic nitrogens is 4. The summed E-state index contributed by atoms with van der Waals surface area (Å²) < 4.78 is 24.3. The lowest BCUT2D eigenvalue weighted by atomic mass is 10.0. The van der Waals surface area contributed by atoms with Crippen LogP contribution in [0.3, 0.4) is 0 Å². The van der Waals surface area contributed by atoms with Gasteiger partial charge in [-0.1, -0.05) is 11.6 Å². The highest BCUT2D eigenvalue weighted by molar-refractivity contribution is 6.31. The Hall–Kier alpha value is -3.13. The molecule has 0 aliphatic rings. The summed E-state index contributed by atoms with van der Waals surface area (Å²) in [6.45, 7) is 23.4. The number of benzene rings is 1. The van der Waals surface area contributed by atoms with Crippen molar-refractivity contribution >= 4 is 11.6 Å². The fourth-order valence-electron chi connectivity index (χ4n) is 3.38. The van der Waals surface area contributed by atoms with Crippen LogP contribution in [0.1, 0.15) is 83.1 Å². The zero-order valence-corrected chi connectivity index (χ0v) is 25.9. The molecule has 0 saturated heterocycles. The second-order valence-electron chi connectivity index (χ2n) is 13.3. The second kappa shape index (κ2) is 10.8. The molecule has 0 N–H and O–H groups in total. The molecule has 0 atom stereocenters. The normalized spacial score (nSPS) is 12.7. The van der Waals surface area contributed by atoms with Crippen LogP contribution in [0.15, 0.2) is 30.6 Å². The van der Waals surface area contributed by atoms with Gasteiger partial charge < -0.3 is 18.9 Å². The van der Waals surface area contributed by atoms with E-state index in [-0.39, 0.29) is 12.0 Å². The van der Waals surface area contributed by atoms with Gasteiger partial charge in [0.05, 0.1) is 11.1 Å². The van der Waals surface area contributed by atoms with Crippen molar-refractivity contribution < 1.29 is 18.9 Å². The smallest absolute Gasteiger partial charge is 0.320 e. The molecule has 212 valence electrons. The van der Waals surface area contributed by atoms with Crippen molar-refractivity contribution in [3.05, 3.63) is 35.6 Å². The quantitative estimate of drug-likeness (QED) is 0.302. The Labute approximate surface area is 237 Å². The van der Waals surface area contributed by atoms with Gasteiger partial charge in [0.25, 0.3) is 0 Å². The number of ether oxygens (including phenoxy) is 4. The van der Waals surface area contributed by atoms with Crippen LogP contribution in [-0.4, -0.2) is 42.3 Å². The zero-order chi connectivity index (χ0) is 29.4. The van der Waals surface area contributed by atoms with Gasteiger partial charge in [-0.2, -0.15) is 9.97 Å². The van der Waals surface area contributed by atoms with E-state index in [4.69, 9.17) is 30.5 Å². The van der Waals surface area contributed by atoms with E-state index in [2.05, 4.69) is 19.9 Å². The molecule has 0 bridgehead atoms. The maximum absolute atomic E-state index is 6.64. The molecule has 0 spiro atoms. The van der Waals surface area contributed by atoms with Gasteiger partial charge in [0.15, 0.2) is 0 Å². The average Bonchev–Trinajstić information content (AvgIpc) is 2.69. The maximum atomic E-state index is 6.64. The number of rotatable bonds is 6. The van der Waals surface area contributed by atoms with E-state index < -0.39 is 22.4 Å². The van der Waals surface area contributed by atoms with Crippen molar-refractivity contribution in [2.75, 3.05) is 0 Å². The highest BCUT2D eigenvalue weighted by Gasteiger charge is 2.24. The van der Waals surface area contributed by atoms with Crippen molar-refractivity contribution in [3.8, 4) is 46.0 Å². The van der Waals surface area contributed by atoms with E-state index in [9.17, 15) is 0 Å². The minimum absolute atomic E-state index is 0.233. The Balaban J connectivity index is 2.16. The maximum Gasteiger partial charge on any atom is 0.320 e. The molecule has 0 amide bonds. The van der Waals surface area contributed by atoms with Crippen LogP contribution < -0.4 is 18.9 Å². The monoisotopic (exact) mass is 556 g/mol. The molecule has 1 aromatic carbocycles. The van der Waals surface area contributed by atoms with Crippen molar-refractivity contribution in [2.24, 2.45) is 0 Å². The Kier molecular flexibility index (Phi) is 8.42. The Morgan fingerprint density at radius 3 is 1.15 bits per heavy atom. The molecule has 0 saturated carbocycles. The summed E-state index contributed by atoms with van der Waals surface area (Å²) in [6, 6.07) is 6.10. The van der Waals surface area contributed by atoms with E-state index >= 15 is 0 Å². The topological polar surface area (TPSA) is 88.5 Å². The average molecular weight is 557 g/mol. The molecule has 0 fully saturated rings. The van der Waals surface area contributed by atoms with E-state index in [1.165, 1.54) is 0 Å². The molecule has 8 nitrogen and oxygen atoms in total. The van der Waals surface area contributed by atoms with Crippen LogP contribution in [0.2, 0.25) is 5.02 Å². The second-order valence-corrected chi connectivity index (χ2v) is 13.8. The standard InChI is InChI=1S/C30H41ClN4O4/c1-27(2,3)36-23-21(16-32-25(34-23)38-29(7,8)9)18-13-19(15-20(31)14-18)22-17-33-26(39-30(10,11)12)35-24(22)37-28(4,5)6/h13-17H,1-12H3. The van der Waals surface area contributed by atoms with Gasteiger partial charge in [-0.05, 0) is 112 Å². The predicted molar refractivity (Wildman–Crippen MR) is 155 cm³/mol. The minimum atomic E-state index is -0.506. The first-order valence-corrected chi connectivity index (χ1v) is 13.4. The largest absolute Gasteiger partial charge is 0.471 e. The molecule has 9 heteroatoms. The minimum Gasteiger partial charge on any atom is -0.471 e. The summed E-state index contributed by atoms with van der Waals surface area (Å²) in [5.74, 6) is 0.780. The van der Waals surface area contributed by atoms with Crippen LogP contribution in [-0.2, 0) is 0 Å². The van der Waals surface area contributed by atoms with Crippen molar-refractivity contribution in [1.82, 2.24) is 19.9 Å². The molecule has 0 aliphatic heterocycles. The highest BCUT2D eigenvalue weighted by Crippen LogP contribution is 2.39. The number of nitrogens with zero attached hydrogens (tertiary/aromatic N) is 4. The SMILES string of the molecule is CC(C)(C)Oc1ncc(-c2cc(Cl)cc(-c3cnc(OC(C)(C)C)nc3OC(C)(C)C)c2)c(OC(C)(C)C)n1. The summed E-state index contributed by atoms with van der Waals surface area (Å²) in [6.07, 6.45) is 3.38. The fourth-order valence-corrected chi connectivity index (χ4v) is 3.62. The Morgan fingerprint density at radius 1 is 0.513 bits per heavy atom. The lowest BCUT2D eigenvalue weighted by Gasteiger charge is -2.25. The van der Waals surface area contributed by atoms with Crippen LogP contribution in [0.25, 0.3) is 22.3 Å². The zero-order valence-electron chi connectivity index (χ0n) is 25.2. The van der Waals surface area contributed by atoms with E-state index in [1.54, 1.807) is 12.4 Å². The first-order chi connectivity index (χ1) is 17.7. The number of hydrogen-bond acceptors (Lipinski definition) is 8. The molecule has 3 rings (SSSR count). The summed E-state index contributed by atoms with van der Waals surface area (Å²) in [5, 5.41) is 0.510. The molecular weight excluding hydrogens is 516 g/mol. The van der Waals surface area contributed by atoms with Gasteiger partial charge >= 0.3 is 12.0 Å². The van der Waals surface area contributed by atoms with Crippen molar-refractivity contribution in [1.29, 1.82) is 0 Å². The van der Waals surface area contributed by atoms with Crippen LogP contribution >= 0.6 is 11.6 Å². The third-order valence-electron chi connectivity index (χ3n) is 4.58. The number of halogens is 1. The van der Waals surface area contributed by atoms with Gasteiger partial charge in [-0.25, -0.2) is 9.97 Å². The van der Waals surface area contributed by atoms with E-state index in [1.807, 2.05) is 101 Å². The molecular formula is C30H41ClN4O4. The first-order valence-electron chi connectivity index (χ1n) is 13.0. The molecule has 0 aliphatic carbocycles. The van der Waals surface area contributed by atoms with Crippen molar-refractivity contribution in [2.45, 2.75) is 105 Å². The molecule has 2 heterocycles. The summed E-state index contributed by atoms with van der Waals surface area (Å²) in [7, 11) is 0. The van der Waals surface area contributed by atoms with Gasteiger partial charge in [0.2, 0.25) is 11.8 Å². The van der Waals surface area contributed by atoms with E-state index in [0.29, 0.717) is 27.9 Å². The van der Waals surface area contributed by atoms with Gasteiger partial charge in [-0.3, -0.25) is 0 Å². The lowest BCUT2D eigenvalue weighted by molar-refractivity contribution is 0.102. The van der Waals surface area contributed by atoms with Gasteiger partial charge in [0, 0.05) is 17.4 Å². The van der Waals surface area contributed by atoms with Crippen LogP contribution in [0, 0.1) is 0 Å². The molecule has 2 aromatic heterocycles. The predicted octanol–water partition coefficient (Wildman–Crippen LogP) is 7.96. The van der Waals surface area contributed by atoms with Gasteiger partial charge in [0.1, 0.15) is 22.4 Å². The lowest BCUT2D eigenvalue weighted by Crippen LogP contribution is -2.26. The highest BCUT2D eigenvalue weighted by atomic mass is 35.5. The Morgan fingerprint density at radius 2 is 0.846 bits per heavy atom. The molecule has 0 radical (unpaired) electrons. The number of hydrogen-bond donors (Lipinski definition) is 0. The Bertz CT molecular complexity index is 1220. The molecule has 39 heavy (non-hydrogen) atoms. The summed E-state index contributed by atoms with van der Waals surface area (Å²) in [4.78, 5) is 18.1. The van der Waals surface area contributed by atoms with Crippen molar-refractivity contribution in [3.63, 3.8) is 0 Å².